The molecule has 0 saturated carbocycles. The van der Waals surface area contributed by atoms with E-state index in [0.29, 0.717) is 0 Å². The van der Waals surface area contributed by atoms with Gasteiger partial charge in [0.1, 0.15) is 22.7 Å². The highest BCUT2D eigenvalue weighted by atomic mass is 16.7. The number of ketones is 2. The van der Waals surface area contributed by atoms with Crippen molar-refractivity contribution in [2.24, 2.45) is 11.3 Å². The van der Waals surface area contributed by atoms with Crippen molar-refractivity contribution in [3.05, 3.63) is 58.6 Å². The van der Waals surface area contributed by atoms with Gasteiger partial charge in [-0.2, -0.15) is 0 Å². The van der Waals surface area contributed by atoms with Crippen LogP contribution in [0.25, 0.3) is 0 Å². The molecule has 1 heterocycles. The molecule has 0 bridgehead atoms. The number of ether oxygens (including phenoxy) is 1. The number of fused-ring (bicyclic) bond motifs is 3. The van der Waals surface area contributed by atoms with Crippen molar-refractivity contribution in [2.75, 3.05) is 0 Å². The quantitative estimate of drug-likeness (QED) is 0.403. The van der Waals surface area contributed by atoms with Crippen LogP contribution in [-0.2, 0) is 14.3 Å². The molecule has 0 aromatic heterocycles. The molecular weight excluding hydrogens is 388 g/mol. The van der Waals surface area contributed by atoms with Gasteiger partial charge in [-0.05, 0) is 59.3 Å². The summed E-state index contributed by atoms with van der Waals surface area (Å²) in [5.41, 5.74) is -5.66. The van der Waals surface area contributed by atoms with Crippen LogP contribution in [0.1, 0.15) is 41.5 Å². The molecule has 1 saturated heterocycles. The fourth-order valence-electron chi connectivity index (χ4n) is 5.06. The summed E-state index contributed by atoms with van der Waals surface area (Å²) < 4.78 is 5.91. The molecule has 0 aromatic carbocycles. The third-order valence-corrected chi connectivity index (χ3v) is 7.00. The summed E-state index contributed by atoms with van der Waals surface area (Å²) in [4.78, 5) is 26.4. The zero-order chi connectivity index (χ0) is 22.9. The fraction of sp³-hybridized carbons (Fsp3) is 0.478. The lowest BCUT2D eigenvalue weighted by Gasteiger charge is -2.50. The lowest BCUT2D eigenvalue weighted by atomic mass is 9.54. The predicted molar refractivity (Wildman–Crippen MR) is 109 cm³/mol. The van der Waals surface area contributed by atoms with Gasteiger partial charge in [-0.15, -0.1) is 0 Å². The minimum Gasteiger partial charge on any atom is -0.508 e. The number of hydrogen-bond acceptors (Lipinski definition) is 7. The molecule has 5 unspecified atom stereocenters. The standard InChI is InChI=1S/C23H28O7/c1-7-8-9-10-14(24)16-17(26)13(3)19(27)21(5)18(16)20(4)15(25)11-12(2)22(6,28)23(20,29)30-21/h7-11,18,24,26,28-29H,1-6H3. The molecule has 7 nitrogen and oxygen atoms in total. The normalized spacial score (nSPS) is 43.3. The Morgan fingerprint density at radius 3 is 2.30 bits per heavy atom. The second kappa shape index (κ2) is 6.51. The first-order valence-electron chi connectivity index (χ1n) is 9.77. The SMILES string of the molecule is CC=CC=CC(O)=C1C(O)=C(C)C(=O)C2(C)OC3(O)C(C)(O)C(C)=CC(=O)C3(C)C12. The molecule has 30 heavy (non-hydrogen) atoms. The molecule has 0 radical (unpaired) electrons. The maximum Gasteiger partial charge on any atom is 0.213 e. The van der Waals surface area contributed by atoms with Gasteiger partial charge in [-0.1, -0.05) is 18.2 Å². The third kappa shape index (κ3) is 2.37. The topological polar surface area (TPSA) is 124 Å². The second-order valence-electron chi connectivity index (χ2n) is 8.74. The number of hydrogen-bond donors (Lipinski definition) is 4. The Kier molecular flexibility index (Phi) is 4.82. The highest BCUT2D eigenvalue weighted by Gasteiger charge is 2.80. The molecule has 4 N–H and O–H groups in total. The number of rotatable bonds is 2. The Balaban J connectivity index is 2.42. The van der Waals surface area contributed by atoms with E-state index in [1.165, 1.54) is 52.8 Å². The minimum atomic E-state index is -2.48. The molecular formula is C23H28O7. The Bertz CT molecular complexity index is 993. The van der Waals surface area contributed by atoms with E-state index in [1.807, 2.05) is 0 Å². The molecule has 0 spiro atoms. The molecule has 7 heteroatoms. The number of carbonyl (C=O) groups excluding carboxylic acids is 2. The van der Waals surface area contributed by atoms with Gasteiger partial charge in [0.05, 0.1) is 5.41 Å². The monoisotopic (exact) mass is 416 g/mol. The maximum absolute atomic E-state index is 13.3. The van der Waals surface area contributed by atoms with Crippen molar-refractivity contribution in [3.8, 4) is 0 Å². The Morgan fingerprint density at radius 1 is 1.13 bits per heavy atom. The van der Waals surface area contributed by atoms with E-state index in [1.54, 1.807) is 19.1 Å². The van der Waals surface area contributed by atoms with Gasteiger partial charge in [-0.25, -0.2) is 0 Å². The molecule has 1 fully saturated rings. The van der Waals surface area contributed by atoms with Crippen LogP contribution in [0.2, 0.25) is 0 Å². The molecule has 0 aromatic rings. The maximum atomic E-state index is 13.3. The summed E-state index contributed by atoms with van der Waals surface area (Å²) in [6, 6.07) is 0. The molecule has 0 amide bonds. The molecule has 162 valence electrons. The highest BCUT2D eigenvalue weighted by molar-refractivity contribution is 6.08. The average Bonchev–Trinajstić information content (AvgIpc) is 2.86. The lowest BCUT2D eigenvalue weighted by Crippen LogP contribution is -2.66. The smallest absolute Gasteiger partial charge is 0.213 e. The number of allylic oxidation sites excluding steroid dienone is 6. The first-order valence-corrected chi connectivity index (χ1v) is 9.77. The van der Waals surface area contributed by atoms with Crippen molar-refractivity contribution in [1.82, 2.24) is 0 Å². The van der Waals surface area contributed by atoms with E-state index in [9.17, 15) is 30.0 Å². The largest absolute Gasteiger partial charge is 0.508 e. The summed E-state index contributed by atoms with van der Waals surface area (Å²) in [6.45, 7) is 8.75. The van der Waals surface area contributed by atoms with Crippen LogP contribution in [0, 0.1) is 11.3 Å². The zero-order valence-electron chi connectivity index (χ0n) is 18.0. The van der Waals surface area contributed by atoms with E-state index < -0.39 is 45.6 Å². The van der Waals surface area contributed by atoms with Crippen LogP contribution in [0.4, 0.5) is 0 Å². The van der Waals surface area contributed by atoms with Crippen LogP contribution in [0.15, 0.2) is 58.6 Å². The Hall–Kier alpha value is -2.48. The first kappa shape index (κ1) is 22.2. The Labute approximate surface area is 175 Å². The van der Waals surface area contributed by atoms with Crippen LogP contribution in [0.5, 0.6) is 0 Å². The van der Waals surface area contributed by atoms with E-state index in [2.05, 4.69) is 0 Å². The van der Waals surface area contributed by atoms with Crippen molar-refractivity contribution in [3.63, 3.8) is 0 Å². The van der Waals surface area contributed by atoms with Crippen molar-refractivity contribution < 1.29 is 34.8 Å². The number of aliphatic hydroxyl groups is 4. The van der Waals surface area contributed by atoms with Crippen molar-refractivity contribution >= 4 is 11.6 Å². The highest BCUT2D eigenvalue weighted by Crippen LogP contribution is 2.66. The van der Waals surface area contributed by atoms with Gasteiger partial charge in [0.2, 0.25) is 5.79 Å². The Morgan fingerprint density at radius 2 is 1.73 bits per heavy atom. The van der Waals surface area contributed by atoms with Crippen molar-refractivity contribution in [2.45, 2.75) is 58.5 Å². The molecule has 1 aliphatic heterocycles. The van der Waals surface area contributed by atoms with E-state index in [-0.39, 0.29) is 22.5 Å². The molecule has 5 atom stereocenters. The summed E-state index contributed by atoms with van der Waals surface area (Å²) in [5.74, 6) is -5.80. The van der Waals surface area contributed by atoms with E-state index in [0.717, 1.165) is 0 Å². The summed E-state index contributed by atoms with van der Waals surface area (Å²) in [6.07, 6.45) is 7.45. The van der Waals surface area contributed by atoms with Crippen LogP contribution >= 0.6 is 0 Å². The summed E-state index contributed by atoms with van der Waals surface area (Å²) >= 11 is 0. The number of Topliss-reactive ketones (excluding diaryl/α,β-unsaturated/α-hetero) is 1. The zero-order valence-corrected chi connectivity index (χ0v) is 18.0. The summed E-state index contributed by atoms with van der Waals surface area (Å²) in [5, 5.41) is 44.4. The van der Waals surface area contributed by atoms with Crippen molar-refractivity contribution in [1.29, 1.82) is 0 Å². The second-order valence-corrected chi connectivity index (χ2v) is 8.74. The van der Waals surface area contributed by atoms with Gasteiger partial charge >= 0.3 is 0 Å². The first-order chi connectivity index (χ1) is 13.7. The minimum absolute atomic E-state index is 0.0719. The fourth-order valence-corrected chi connectivity index (χ4v) is 5.06. The molecule has 2 aliphatic carbocycles. The van der Waals surface area contributed by atoms with E-state index in [4.69, 9.17) is 4.74 Å². The summed E-state index contributed by atoms with van der Waals surface area (Å²) in [7, 11) is 0. The van der Waals surface area contributed by atoms with Crippen LogP contribution < -0.4 is 0 Å². The van der Waals surface area contributed by atoms with E-state index >= 15 is 0 Å². The molecule has 3 aliphatic rings. The number of aliphatic hydroxyl groups excluding tert-OH is 2. The number of carbonyl (C=O) groups is 2. The van der Waals surface area contributed by atoms with Gasteiger partial charge in [0, 0.05) is 17.1 Å². The third-order valence-electron chi connectivity index (χ3n) is 7.00. The van der Waals surface area contributed by atoms with Gasteiger partial charge in [0.25, 0.3) is 0 Å². The van der Waals surface area contributed by atoms with Gasteiger partial charge in [-0.3, -0.25) is 9.59 Å². The van der Waals surface area contributed by atoms with Gasteiger partial charge in [0.15, 0.2) is 11.6 Å². The predicted octanol–water partition coefficient (Wildman–Crippen LogP) is 2.73. The average molecular weight is 416 g/mol. The lowest BCUT2D eigenvalue weighted by molar-refractivity contribution is -0.313. The molecule has 3 rings (SSSR count). The van der Waals surface area contributed by atoms with Gasteiger partial charge < -0.3 is 25.2 Å². The van der Waals surface area contributed by atoms with Crippen LogP contribution in [0.3, 0.4) is 0 Å². The van der Waals surface area contributed by atoms with Crippen LogP contribution in [-0.4, -0.2) is 49.0 Å².